The van der Waals surface area contributed by atoms with Crippen LogP contribution in [0.5, 0.6) is 0 Å². The Bertz CT molecular complexity index is 413. The van der Waals surface area contributed by atoms with E-state index in [1.165, 1.54) is 0 Å². The highest BCUT2D eigenvalue weighted by Gasteiger charge is 2.28. The van der Waals surface area contributed by atoms with Crippen molar-refractivity contribution in [2.45, 2.75) is 31.9 Å². The average Bonchev–Trinajstić information content (AvgIpc) is 2.19. The summed E-state index contributed by atoms with van der Waals surface area (Å²) in [6.45, 7) is 1.95. The smallest absolute Gasteiger partial charge is 0.252 e. The van der Waals surface area contributed by atoms with E-state index in [-0.39, 0.29) is 18.1 Å². The molecule has 0 heterocycles. The van der Waals surface area contributed by atoms with Crippen LogP contribution in [0.15, 0.2) is 22.7 Å². The molecule has 1 saturated carbocycles. The zero-order valence-corrected chi connectivity index (χ0v) is 10.6. The van der Waals surface area contributed by atoms with Crippen molar-refractivity contribution in [1.29, 1.82) is 0 Å². The second kappa shape index (κ2) is 4.55. The Balaban J connectivity index is 2.05. The lowest BCUT2D eigenvalue weighted by atomic mass is 9.89. The van der Waals surface area contributed by atoms with Gasteiger partial charge in [0.1, 0.15) is 0 Å². The largest absolute Gasteiger partial charge is 0.393 e. The van der Waals surface area contributed by atoms with Gasteiger partial charge in [-0.15, -0.1) is 0 Å². The number of halogens is 1. The first-order valence-electron chi connectivity index (χ1n) is 5.31. The third-order valence-corrected chi connectivity index (χ3v) is 3.51. The molecule has 0 saturated heterocycles. The highest BCUT2D eigenvalue weighted by molar-refractivity contribution is 9.10. The van der Waals surface area contributed by atoms with Gasteiger partial charge < -0.3 is 10.4 Å². The second-order valence-electron chi connectivity index (χ2n) is 4.28. The molecule has 1 fully saturated rings. The lowest BCUT2D eigenvalue weighted by Gasteiger charge is -2.32. The van der Waals surface area contributed by atoms with Gasteiger partial charge in [0.25, 0.3) is 5.91 Å². The Labute approximate surface area is 103 Å². The van der Waals surface area contributed by atoms with Crippen LogP contribution in [0.4, 0.5) is 0 Å². The fourth-order valence-corrected chi connectivity index (χ4v) is 2.21. The van der Waals surface area contributed by atoms with Gasteiger partial charge in [-0.1, -0.05) is 11.6 Å². The molecule has 4 heteroatoms. The number of rotatable bonds is 2. The highest BCUT2D eigenvalue weighted by Crippen LogP contribution is 2.22. The van der Waals surface area contributed by atoms with Gasteiger partial charge in [-0.2, -0.15) is 0 Å². The Morgan fingerprint density at radius 1 is 1.50 bits per heavy atom. The van der Waals surface area contributed by atoms with Crippen molar-refractivity contribution in [3.05, 3.63) is 33.8 Å². The number of aryl methyl sites for hydroxylation is 1. The monoisotopic (exact) mass is 283 g/mol. The predicted molar refractivity (Wildman–Crippen MR) is 65.4 cm³/mol. The van der Waals surface area contributed by atoms with Crippen molar-refractivity contribution in [3.8, 4) is 0 Å². The van der Waals surface area contributed by atoms with Gasteiger partial charge in [0, 0.05) is 10.5 Å². The molecule has 2 N–H and O–H groups in total. The Morgan fingerprint density at radius 2 is 2.19 bits per heavy atom. The molecule has 0 unspecified atom stereocenters. The Hall–Kier alpha value is -0.870. The van der Waals surface area contributed by atoms with Crippen LogP contribution in [0.2, 0.25) is 0 Å². The van der Waals surface area contributed by atoms with E-state index < -0.39 is 0 Å². The molecular formula is C12H14BrNO2. The van der Waals surface area contributed by atoms with Crippen molar-refractivity contribution in [2.24, 2.45) is 0 Å². The minimum Gasteiger partial charge on any atom is -0.393 e. The second-order valence-corrected chi connectivity index (χ2v) is 5.13. The Morgan fingerprint density at radius 3 is 2.81 bits per heavy atom. The van der Waals surface area contributed by atoms with Gasteiger partial charge >= 0.3 is 0 Å². The number of carbonyl (C=O) groups is 1. The maximum Gasteiger partial charge on any atom is 0.252 e. The predicted octanol–water partition coefficient (Wildman–Crippen LogP) is 2.01. The van der Waals surface area contributed by atoms with E-state index in [1.807, 2.05) is 25.1 Å². The number of aliphatic hydroxyl groups excluding tert-OH is 1. The van der Waals surface area contributed by atoms with Crippen LogP contribution in [0.3, 0.4) is 0 Å². The van der Waals surface area contributed by atoms with E-state index in [9.17, 15) is 4.79 Å². The van der Waals surface area contributed by atoms with Gasteiger partial charge in [0.2, 0.25) is 0 Å². The van der Waals surface area contributed by atoms with Crippen molar-refractivity contribution >= 4 is 21.8 Å². The lowest BCUT2D eigenvalue weighted by molar-refractivity contribution is 0.0562. The van der Waals surface area contributed by atoms with E-state index >= 15 is 0 Å². The van der Waals surface area contributed by atoms with Crippen molar-refractivity contribution in [3.63, 3.8) is 0 Å². The standard InChI is InChI=1S/C12H14BrNO2/c1-7-2-3-11(13)10(4-7)12(16)14-8-5-9(15)6-8/h2-4,8-9,15H,5-6H2,1H3,(H,14,16). The van der Waals surface area contributed by atoms with E-state index in [0.717, 1.165) is 10.0 Å². The molecule has 1 aliphatic rings. The van der Waals surface area contributed by atoms with Gasteiger partial charge in [-0.3, -0.25) is 4.79 Å². The molecule has 0 bridgehead atoms. The SMILES string of the molecule is Cc1ccc(Br)c(C(=O)NC2CC(O)C2)c1. The van der Waals surface area contributed by atoms with Crippen molar-refractivity contribution in [1.82, 2.24) is 5.32 Å². The molecule has 16 heavy (non-hydrogen) atoms. The molecule has 3 nitrogen and oxygen atoms in total. The molecule has 1 amide bonds. The molecule has 1 aromatic rings. The number of amides is 1. The number of carbonyl (C=O) groups excluding carboxylic acids is 1. The van der Waals surface area contributed by atoms with E-state index in [4.69, 9.17) is 5.11 Å². The molecular weight excluding hydrogens is 270 g/mol. The van der Waals surface area contributed by atoms with Crippen molar-refractivity contribution in [2.75, 3.05) is 0 Å². The first-order chi connectivity index (χ1) is 7.56. The number of benzene rings is 1. The third-order valence-electron chi connectivity index (χ3n) is 2.81. The van der Waals surface area contributed by atoms with Crippen LogP contribution < -0.4 is 5.32 Å². The fourth-order valence-electron chi connectivity index (χ4n) is 1.78. The van der Waals surface area contributed by atoms with Crippen LogP contribution in [-0.2, 0) is 0 Å². The molecule has 0 radical (unpaired) electrons. The summed E-state index contributed by atoms with van der Waals surface area (Å²) >= 11 is 3.36. The zero-order valence-electron chi connectivity index (χ0n) is 9.03. The topological polar surface area (TPSA) is 49.3 Å². The van der Waals surface area contributed by atoms with Gasteiger partial charge in [0.05, 0.1) is 11.7 Å². The number of hydrogen-bond donors (Lipinski definition) is 2. The van der Waals surface area contributed by atoms with Crippen LogP contribution in [0.1, 0.15) is 28.8 Å². The van der Waals surface area contributed by atoms with Gasteiger partial charge in [-0.25, -0.2) is 0 Å². The molecule has 0 aromatic heterocycles. The normalized spacial score (nSPS) is 23.7. The summed E-state index contributed by atoms with van der Waals surface area (Å²) in [6.07, 6.45) is 1.08. The minimum absolute atomic E-state index is 0.0764. The summed E-state index contributed by atoms with van der Waals surface area (Å²) in [4.78, 5) is 11.9. The van der Waals surface area contributed by atoms with Crippen LogP contribution in [0, 0.1) is 6.92 Å². The first kappa shape index (κ1) is 11.6. The molecule has 0 spiro atoms. The maximum absolute atomic E-state index is 11.9. The third kappa shape index (κ3) is 2.44. The van der Waals surface area contributed by atoms with Crippen LogP contribution in [-0.4, -0.2) is 23.2 Å². The van der Waals surface area contributed by atoms with Gasteiger partial charge in [-0.05, 0) is 47.8 Å². The average molecular weight is 284 g/mol. The summed E-state index contributed by atoms with van der Waals surface area (Å²) in [6, 6.07) is 5.80. The Kier molecular flexibility index (Phi) is 3.30. The first-order valence-corrected chi connectivity index (χ1v) is 6.10. The minimum atomic E-state index is -0.244. The van der Waals surface area contributed by atoms with Crippen molar-refractivity contribution < 1.29 is 9.90 Å². The molecule has 0 aliphatic heterocycles. The summed E-state index contributed by atoms with van der Waals surface area (Å²) in [5, 5.41) is 12.0. The maximum atomic E-state index is 11.9. The molecule has 2 rings (SSSR count). The van der Waals surface area contributed by atoms with E-state index in [2.05, 4.69) is 21.2 Å². The summed E-state index contributed by atoms with van der Waals surface area (Å²) in [7, 11) is 0. The number of hydrogen-bond acceptors (Lipinski definition) is 2. The molecule has 1 aromatic carbocycles. The van der Waals surface area contributed by atoms with Crippen LogP contribution >= 0.6 is 15.9 Å². The fraction of sp³-hybridized carbons (Fsp3) is 0.417. The molecule has 1 aliphatic carbocycles. The summed E-state index contributed by atoms with van der Waals surface area (Å²) in [5.41, 5.74) is 1.71. The van der Waals surface area contributed by atoms with Crippen LogP contribution in [0.25, 0.3) is 0 Å². The summed E-state index contributed by atoms with van der Waals surface area (Å²) in [5.74, 6) is -0.0764. The number of aliphatic hydroxyl groups is 1. The molecule has 86 valence electrons. The highest BCUT2D eigenvalue weighted by atomic mass is 79.9. The van der Waals surface area contributed by atoms with E-state index in [0.29, 0.717) is 18.4 Å². The summed E-state index contributed by atoms with van der Waals surface area (Å²) < 4.78 is 0.801. The quantitative estimate of drug-likeness (QED) is 0.872. The zero-order chi connectivity index (χ0) is 11.7. The lowest BCUT2D eigenvalue weighted by Crippen LogP contribution is -2.46. The van der Waals surface area contributed by atoms with Gasteiger partial charge in [0.15, 0.2) is 0 Å². The molecule has 0 atom stereocenters. The van der Waals surface area contributed by atoms with E-state index in [1.54, 1.807) is 0 Å². The number of nitrogens with one attached hydrogen (secondary N) is 1.